The Morgan fingerprint density at radius 2 is 1.84 bits per heavy atom. The topological polar surface area (TPSA) is 59.0 Å². The minimum Gasteiger partial charge on any atom is -0.490 e. The molecule has 0 spiro atoms. The number of halogens is 1. The van der Waals surface area contributed by atoms with Crippen molar-refractivity contribution in [1.29, 1.82) is 0 Å². The summed E-state index contributed by atoms with van der Waals surface area (Å²) in [6, 6.07) is 5.69. The molecule has 1 aromatic rings. The predicted octanol–water partition coefficient (Wildman–Crippen LogP) is 3.22. The highest BCUT2D eigenvalue weighted by Gasteiger charge is 2.59. The van der Waals surface area contributed by atoms with Gasteiger partial charge in [0.1, 0.15) is 5.75 Å². The fourth-order valence-electron chi connectivity index (χ4n) is 4.07. The first-order chi connectivity index (χ1) is 12.0. The first kappa shape index (κ1) is 16.8. The number of hydrogen-bond donors (Lipinski definition) is 0. The molecule has 0 radical (unpaired) electrons. The molecule has 4 rings (SSSR count). The molecule has 5 nitrogen and oxygen atoms in total. The third-order valence-corrected chi connectivity index (χ3v) is 5.93. The van der Waals surface area contributed by atoms with Gasteiger partial charge >= 0.3 is 0 Å². The van der Waals surface area contributed by atoms with Gasteiger partial charge in [0, 0.05) is 0 Å². The molecular formula is C19H19IN2O3. The number of amides is 2. The number of carbonyl (C=O) groups excluding carboxylic acids is 2. The van der Waals surface area contributed by atoms with Gasteiger partial charge < -0.3 is 4.74 Å². The highest BCUT2D eigenvalue weighted by molar-refractivity contribution is 14.1. The molecule has 1 heterocycles. The third-order valence-electron chi connectivity index (χ3n) is 5.09. The lowest BCUT2D eigenvalue weighted by Gasteiger charge is -2.13. The van der Waals surface area contributed by atoms with E-state index in [4.69, 9.17) is 4.74 Å². The van der Waals surface area contributed by atoms with Crippen LogP contribution in [0.3, 0.4) is 0 Å². The van der Waals surface area contributed by atoms with Crippen LogP contribution in [0.25, 0.3) is 0 Å². The van der Waals surface area contributed by atoms with Crippen molar-refractivity contribution in [3.63, 3.8) is 0 Å². The molecule has 0 aromatic heterocycles. The second-order valence-electron chi connectivity index (χ2n) is 7.09. The molecule has 1 aliphatic heterocycles. The molecular weight excluding hydrogens is 431 g/mol. The standard InChI is InChI=1S/C19H19IN2O3/c1-10(2)25-15-6-3-11(7-14(15)20)9-21-22-18(23)16-12-4-5-13(8-12)17(16)19(22)24/h3-7,9-10,12-13,16-17H,8H2,1-2H3. The maximum absolute atomic E-state index is 12.6. The monoisotopic (exact) mass is 450 g/mol. The summed E-state index contributed by atoms with van der Waals surface area (Å²) in [6.45, 7) is 3.96. The Balaban J connectivity index is 1.52. The summed E-state index contributed by atoms with van der Waals surface area (Å²) in [4.78, 5) is 25.2. The molecule has 2 aliphatic carbocycles. The molecule has 6 heteroatoms. The lowest BCUT2D eigenvalue weighted by atomic mass is 9.85. The van der Waals surface area contributed by atoms with Crippen LogP contribution >= 0.6 is 22.6 Å². The summed E-state index contributed by atoms with van der Waals surface area (Å²) in [7, 11) is 0. The number of hydrazone groups is 1. The molecule has 4 unspecified atom stereocenters. The Kier molecular flexibility index (Phi) is 4.17. The smallest absolute Gasteiger partial charge is 0.254 e. The van der Waals surface area contributed by atoms with Crippen molar-refractivity contribution in [1.82, 2.24) is 5.01 Å². The van der Waals surface area contributed by atoms with Gasteiger partial charge in [-0.1, -0.05) is 12.2 Å². The van der Waals surface area contributed by atoms with Gasteiger partial charge in [0.05, 0.1) is 27.7 Å². The minimum atomic E-state index is -0.207. The molecule has 130 valence electrons. The Hall–Kier alpha value is -1.70. The molecule has 1 saturated carbocycles. The number of imide groups is 1. The molecule has 1 saturated heterocycles. The van der Waals surface area contributed by atoms with Crippen LogP contribution in [0.4, 0.5) is 0 Å². The van der Waals surface area contributed by atoms with Crippen LogP contribution in [-0.2, 0) is 9.59 Å². The molecule has 1 aromatic carbocycles. The highest BCUT2D eigenvalue weighted by Crippen LogP contribution is 2.52. The summed E-state index contributed by atoms with van der Waals surface area (Å²) >= 11 is 2.21. The average Bonchev–Trinajstić information content (AvgIpc) is 3.23. The first-order valence-corrected chi connectivity index (χ1v) is 9.60. The SMILES string of the molecule is CC(C)Oc1ccc(C=NN2C(=O)C3C4C=CC(C4)C3C2=O)cc1I. The van der Waals surface area contributed by atoms with Crippen molar-refractivity contribution in [2.45, 2.75) is 26.4 Å². The number of allylic oxidation sites excluding steroid dienone is 2. The van der Waals surface area contributed by atoms with Gasteiger partial charge in [-0.3, -0.25) is 9.59 Å². The lowest BCUT2D eigenvalue weighted by Crippen LogP contribution is -2.28. The molecule has 4 atom stereocenters. The number of rotatable bonds is 4. The van der Waals surface area contributed by atoms with Crippen LogP contribution in [0.15, 0.2) is 35.5 Å². The fraction of sp³-hybridized carbons (Fsp3) is 0.421. The summed E-state index contributed by atoms with van der Waals surface area (Å²) in [5.74, 6) is 0.511. The van der Waals surface area contributed by atoms with Crippen molar-refractivity contribution < 1.29 is 14.3 Å². The molecule has 2 amide bonds. The number of ether oxygens (including phenoxy) is 1. The zero-order chi connectivity index (χ0) is 17.7. The van der Waals surface area contributed by atoms with E-state index in [2.05, 4.69) is 39.8 Å². The number of carbonyl (C=O) groups is 2. The maximum Gasteiger partial charge on any atom is 0.254 e. The Morgan fingerprint density at radius 1 is 1.20 bits per heavy atom. The van der Waals surface area contributed by atoms with E-state index in [0.29, 0.717) is 0 Å². The lowest BCUT2D eigenvalue weighted by molar-refractivity contribution is -0.140. The van der Waals surface area contributed by atoms with Crippen LogP contribution in [0, 0.1) is 27.2 Å². The zero-order valence-electron chi connectivity index (χ0n) is 14.1. The van der Waals surface area contributed by atoms with Gasteiger partial charge in [-0.05, 0) is 78.5 Å². The van der Waals surface area contributed by atoms with Crippen molar-refractivity contribution in [3.8, 4) is 5.75 Å². The van der Waals surface area contributed by atoms with Crippen molar-refractivity contribution in [3.05, 3.63) is 39.5 Å². The summed E-state index contributed by atoms with van der Waals surface area (Å²) in [5.41, 5.74) is 0.833. The largest absolute Gasteiger partial charge is 0.490 e. The van der Waals surface area contributed by atoms with Gasteiger partial charge in [0.25, 0.3) is 11.8 Å². The van der Waals surface area contributed by atoms with Gasteiger partial charge in [0.2, 0.25) is 0 Å². The number of fused-ring (bicyclic) bond motifs is 5. The van der Waals surface area contributed by atoms with E-state index in [-0.39, 0.29) is 41.6 Å². The van der Waals surface area contributed by atoms with Crippen LogP contribution < -0.4 is 4.74 Å². The van der Waals surface area contributed by atoms with Crippen LogP contribution in [0.2, 0.25) is 0 Å². The van der Waals surface area contributed by atoms with Gasteiger partial charge in [-0.25, -0.2) is 0 Å². The van der Waals surface area contributed by atoms with Crippen LogP contribution in [-0.4, -0.2) is 29.1 Å². The fourth-order valence-corrected chi connectivity index (χ4v) is 4.74. The third kappa shape index (κ3) is 2.80. The molecule has 0 N–H and O–H groups in total. The van der Waals surface area contributed by atoms with Crippen molar-refractivity contribution >= 4 is 40.6 Å². The minimum absolute atomic E-state index is 0.108. The maximum atomic E-state index is 12.6. The van der Waals surface area contributed by atoms with Crippen molar-refractivity contribution in [2.24, 2.45) is 28.8 Å². The molecule has 2 fully saturated rings. The Bertz CT molecular complexity index is 772. The second kappa shape index (κ2) is 6.23. The van der Waals surface area contributed by atoms with Gasteiger partial charge in [0.15, 0.2) is 0 Å². The zero-order valence-corrected chi connectivity index (χ0v) is 16.2. The van der Waals surface area contributed by atoms with Gasteiger partial charge in [-0.15, -0.1) is 0 Å². The number of nitrogens with zero attached hydrogens (tertiary/aromatic N) is 2. The summed E-state index contributed by atoms with van der Waals surface area (Å²) < 4.78 is 6.68. The first-order valence-electron chi connectivity index (χ1n) is 8.52. The normalized spacial score (nSPS) is 30.2. The van der Waals surface area contributed by atoms with Crippen LogP contribution in [0.1, 0.15) is 25.8 Å². The van der Waals surface area contributed by atoms with Crippen LogP contribution in [0.5, 0.6) is 5.75 Å². The summed E-state index contributed by atoms with van der Waals surface area (Å²) in [5, 5.41) is 5.28. The molecule has 2 bridgehead atoms. The van der Waals surface area contributed by atoms with Crippen molar-refractivity contribution in [2.75, 3.05) is 0 Å². The summed E-state index contributed by atoms with van der Waals surface area (Å²) in [6.07, 6.45) is 6.78. The highest BCUT2D eigenvalue weighted by atomic mass is 127. The quantitative estimate of drug-likeness (QED) is 0.307. The average molecular weight is 450 g/mol. The van der Waals surface area contributed by atoms with E-state index in [1.807, 2.05) is 32.0 Å². The van der Waals surface area contributed by atoms with E-state index < -0.39 is 0 Å². The molecule has 25 heavy (non-hydrogen) atoms. The Labute approximate surface area is 160 Å². The predicted molar refractivity (Wildman–Crippen MR) is 102 cm³/mol. The van der Waals surface area contributed by atoms with E-state index in [9.17, 15) is 9.59 Å². The number of hydrogen-bond acceptors (Lipinski definition) is 4. The van der Waals surface area contributed by atoms with E-state index in [1.54, 1.807) is 6.21 Å². The molecule has 3 aliphatic rings. The Morgan fingerprint density at radius 3 is 2.40 bits per heavy atom. The van der Waals surface area contributed by atoms with E-state index >= 15 is 0 Å². The van der Waals surface area contributed by atoms with E-state index in [0.717, 1.165) is 26.3 Å². The van der Waals surface area contributed by atoms with Gasteiger partial charge in [-0.2, -0.15) is 10.1 Å². The van der Waals surface area contributed by atoms with E-state index in [1.165, 1.54) is 0 Å². The second-order valence-corrected chi connectivity index (χ2v) is 8.25. The number of benzene rings is 1.